The van der Waals surface area contributed by atoms with Gasteiger partial charge in [0.2, 0.25) is 5.88 Å². The lowest BCUT2D eigenvalue weighted by Crippen LogP contribution is -1.93. The molecule has 0 bridgehead atoms. The predicted molar refractivity (Wildman–Crippen MR) is 39.8 cm³/mol. The molecule has 0 radical (unpaired) electrons. The number of carbonyl (C=O) groups is 1. The van der Waals surface area contributed by atoms with E-state index in [1.165, 1.54) is 14.0 Å². The number of hydrogen-bond acceptors (Lipinski definition) is 3. The van der Waals surface area contributed by atoms with Crippen molar-refractivity contribution in [3.05, 3.63) is 11.8 Å². The number of aryl methyl sites for hydroxylation is 1. The molecule has 60 valence electrons. The first-order valence-electron chi connectivity index (χ1n) is 3.23. The van der Waals surface area contributed by atoms with Gasteiger partial charge in [-0.2, -0.15) is 0 Å². The van der Waals surface area contributed by atoms with Crippen LogP contribution in [0.4, 0.5) is 0 Å². The maximum absolute atomic E-state index is 10.9. The zero-order valence-electron chi connectivity index (χ0n) is 6.79. The van der Waals surface area contributed by atoms with Crippen LogP contribution in [-0.2, 0) is 7.05 Å². The summed E-state index contributed by atoms with van der Waals surface area (Å²) in [7, 11) is 3.24. The van der Waals surface area contributed by atoms with Gasteiger partial charge in [0, 0.05) is 13.2 Å². The Hall–Kier alpha value is -1.32. The van der Waals surface area contributed by atoms with E-state index in [0.717, 1.165) is 0 Å². The number of hydrogen-bond donors (Lipinski definition) is 0. The van der Waals surface area contributed by atoms with Gasteiger partial charge >= 0.3 is 0 Å². The molecule has 0 saturated heterocycles. The van der Waals surface area contributed by atoms with Gasteiger partial charge in [0.05, 0.1) is 12.7 Å². The van der Waals surface area contributed by atoms with Gasteiger partial charge < -0.3 is 4.74 Å². The number of Topliss-reactive ketones (excluding diaryl/α,β-unsaturated/α-hetero) is 1. The van der Waals surface area contributed by atoms with E-state index >= 15 is 0 Å². The Bertz CT molecular complexity index is 278. The topological polar surface area (TPSA) is 44.1 Å². The van der Waals surface area contributed by atoms with Crippen LogP contribution in [0.5, 0.6) is 5.88 Å². The molecule has 1 rings (SSSR count). The molecular weight excluding hydrogens is 144 g/mol. The average Bonchev–Trinajstić information content (AvgIpc) is 2.30. The summed E-state index contributed by atoms with van der Waals surface area (Å²) in [5, 5.41) is 3.92. The minimum absolute atomic E-state index is 0.0325. The van der Waals surface area contributed by atoms with Crippen molar-refractivity contribution >= 4 is 5.78 Å². The molecule has 1 heterocycles. The Morgan fingerprint density at radius 1 is 1.73 bits per heavy atom. The second kappa shape index (κ2) is 2.74. The number of rotatable bonds is 2. The fourth-order valence-electron chi connectivity index (χ4n) is 0.860. The Morgan fingerprint density at radius 3 is 2.73 bits per heavy atom. The van der Waals surface area contributed by atoms with Crippen LogP contribution in [0.2, 0.25) is 0 Å². The lowest BCUT2D eigenvalue weighted by Gasteiger charge is -1.93. The molecule has 0 aliphatic carbocycles. The number of nitrogens with zero attached hydrogens (tertiary/aromatic N) is 2. The predicted octanol–water partition coefficient (Wildman–Crippen LogP) is 0.631. The molecule has 0 aliphatic rings. The van der Waals surface area contributed by atoms with Crippen LogP contribution in [0.25, 0.3) is 0 Å². The van der Waals surface area contributed by atoms with Gasteiger partial charge in [-0.25, -0.2) is 0 Å². The van der Waals surface area contributed by atoms with Gasteiger partial charge in [0.1, 0.15) is 0 Å². The lowest BCUT2D eigenvalue weighted by molar-refractivity contribution is 0.101. The first kappa shape index (κ1) is 7.78. The minimum Gasteiger partial charge on any atom is -0.479 e. The van der Waals surface area contributed by atoms with E-state index in [1.54, 1.807) is 17.9 Å². The summed E-state index contributed by atoms with van der Waals surface area (Å²) in [6.45, 7) is 1.49. The van der Waals surface area contributed by atoms with E-state index < -0.39 is 0 Å². The van der Waals surface area contributed by atoms with E-state index in [-0.39, 0.29) is 5.78 Å². The lowest BCUT2D eigenvalue weighted by atomic mass is 10.2. The van der Waals surface area contributed by atoms with Crippen molar-refractivity contribution in [1.82, 2.24) is 9.78 Å². The summed E-state index contributed by atoms with van der Waals surface area (Å²) in [5.74, 6) is 0.356. The molecule has 0 fully saturated rings. The Morgan fingerprint density at radius 2 is 2.36 bits per heavy atom. The summed E-state index contributed by atoms with van der Waals surface area (Å²) < 4.78 is 6.43. The Labute approximate surface area is 64.8 Å². The number of ketones is 1. The monoisotopic (exact) mass is 154 g/mol. The summed E-state index contributed by atoms with van der Waals surface area (Å²) in [6, 6.07) is 0. The maximum Gasteiger partial charge on any atom is 0.243 e. The highest BCUT2D eigenvalue weighted by Gasteiger charge is 2.10. The highest BCUT2D eigenvalue weighted by molar-refractivity contribution is 5.96. The van der Waals surface area contributed by atoms with Crippen LogP contribution in [-0.4, -0.2) is 22.7 Å². The van der Waals surface area contributed by atoms with Crippen molar-refractivity contribution in [1.29, 1.82) is 0 Å². The molecule has 4 nitrogen and oxygen atoms in total. The standard InChI is InChI=1S/C7H10N2O2/c1-5(10)6-4-9(2)8-7(6)11-3/h4H,1-3H3. The van der Waals surface area contributed by atoms with Crippen molar-refractivity contribution in [2.75, 3.05) is 7.11 Å². The molecule has 0 atom stereocenters. The molecule has 1 aromatic rings. The van der Waals surface area contributed by atoms with E-state index in [1.807, 2.05) is 0 Å². The fourth-order valence-corrected chi connectivity index (χ4v) is 0.860. The van der Waals surface area contributed by atoms with Gasteiger partial charge in [0.15, 0.2) is 5.78 Å². The van der Waals surface area contributed by atoms with Crippen LogP contribution < -0.4 is 4.74 Å². The molecule has 0 spiro atoms. The first-order valence-corrected chi connectivity index (χ1v) is 3.23. The number of ether oxygens (including phenoxy) is 1. The molecule has 0 saturated carbocycles. The zero-order chi connectivity index (χ0) is 8.43. The summed E-state index contributed by atoms with van der Waals surface area (Å²) in [4.78, 5) is 10.9. The highest BCUT2D eigenvalue weighted by Crippen LogP contribution is 2.14. The normalized spacial score (nSPS) is 9.73. The molecule has 0 aliphatic heterocycles. The van der Waals surface area contributed by atoms with E-state index in [0.29, 0.717) is 11.4 Å². The number of methoxy groups -OCH3 is 1. The molecule has 0 unspecified atom stereocenters. The van der Waals surface area contributed by atoms with Gasteiger partial charge in [-0.15, -0.1) is 5.10 Å². The van der Waals surface area contributed by atoms with E-state index in [4.69, 9.17) is 4.74 Å². The zero-order valence-corrected chi connectivity index (χ0v) is 6.79. The van der Waals surface area contributed by atoms with Crippen molar-refractivity contribution < 1.29 is 9.53 Å². The average molecular weight is 154 g/mol. The van der Waals surface area contributed by atoms with Gasteiger partial charge in [0.25, 0.3) is 0 Å². The van der Waals surface area contributed by atoms with Crippen molar-refractivity contribution in [3.63, 3.8) is 0 Å². The molecule has 0 amide bonds. The van der Waals surface area contributed by atoms with Gasteiger partial charge in [-0.1, -0.05) is 0 Å². The molecule has 0 aromatic carbocycles. The molecule has 11 heavy (non-hydrogen) atoms. The number of carbonyl (C=O) groups excluding carboxylic acids is 1. The second-order valence-corrected chi connectivity index (χ2v) is 2.28. The van der Waals surface area contributed by atoms with Gasteiger partial charge in [-0.05, 0) is 6.92 Å². The van der Waals surface area contributed by atoms with Gasteiger partial charge in [-0.3, -0.25) is 9.48 Å². The quantitative estimate of drug-likeness (QED) is 0.587. The Kier molecular flexibility index (Phi) is 1.94. The fraction of sp³-hybridized carbons (Fsp3) is 0.429. The summed E-state index contributed by atoms with van der Waals surface area (Å²) >= 11 is 0. The van der Waals surface area contributed by atoms with Crippen LogP contribution in [0.15, 0.2) is 6.20 Å². The third-order valence-electron chi connectivity index (χ3n) is 1.37. The van der Waals surface area contributed by atoms with Crippen molar-refractivity contribution in [2.45, 2.75) is 6.92 Å². The van der Waals surface area contributed by atoms with E-state index in [2.05, 4.69) is 5.10 Å². The maximum atomic E-state index is 10.9. The summed E-state index contributed by atoms with van der Waals surface area (Å²) in [6.07, 6.45) is 1.64. The smallest absolute Gasteiger partial charge is 0.243 e. The van der Waals surface area contributed by atoms with Crippen LogP contribution in [0.3, 0.4) is 0 Å². The minimum atomic E-state index is -0.0325. The summed E-state index contributed by atoms with van der Waals surface area (Å²) in [5.41, 5.74) is 0.523. The van der Waals surface area contributed by atoms with E-state index in [9.17, 15) is 4.79 Å². The second-order valence-electron chi connectivity index (χ2n) is 2.28. The van der Waals surface area contributed by atoms with Crippen molar-refractivity contribution in [2.24, 2.45) is 7.05 Å². The third-order valence-corrected chi connectivity index (χ3v) is 1.37. The molecular formula is C7H10N2O2. The SMILES string of the molecule is COc1nn(C)cc1C(C)=O. The molecule has 0 N–H and O–H groups in total. The first-order chi connectivity index (χ1) is 5.15. The van der Waals surface area contributed by atoms with Crippen molar-refractivity contribution in [3.8, 4) is 5.88 Å². The largest absolute Gasteiger partial charge is 0.479 e. The molecule has 4 heteroatoms. The molecule has 1 aromatic heterocycles. The van der Waals surface area contributed by atoms with Crippen LogP contribution in [0.1, 0.15) is 17.3 Å². The number of aromatic nitrogens is 2. The van der Waals surface area contributed by atoms with Crippen LogP contribution in [0, 0.1) is 0 Å². The highest BCUT2D eigenvalue weighted by atomic mass is 16.5. The van der Waals surface area contributed by atoms with Crippen LogP contribution >= 0.6 is 0 Å². The third kappa shape index (κ3) is 1.39. The Balaban J connectivity index is 3.12.